The fourth-order valence-corrected chi connectivity index (χ4v) is 30.9. The Hall–Kier alpha value is 4.91. The minimum atomic E-state index is 0.331. The van der Waals surface area contributed by atoms with Crippen molar-refractivity contribution in [3.63, 3.8) is 0 Å². The predicted molar refractivity (Wildman–Crippen MR) is 142 cm³/mol. The SMILES string of the molecule is C1SC1C[Te]CC(C[Te]CC1CS1)SC(C[Te]CC1CS1)C[Te]CC1CS1. The molecular weight excluding hydrogens is 887 g/mol. The first kappa shape index (κ1) is 25.0. The van der Waals surface area contributed by atoms with Crippen molar-refractivity contribution in [2.24, 2.45) is 0 Å². The van der Waals surface area contributed by atoms with Crippen molar-refractivity contribution in [1.82, 2.24) is 0 Å². The quantitative estimate of drug-likeness (QED) is 0.139. The van der Waals surface area contributed by atoms with Crippen LogP contribution in [0.5, 0.6) is 0 Å². The van der Waals surface area contributed by atoms with Gasteiger partial charge in [0, 0.05) is 0 Å². The molecule has 0 aromatic heterocycles. The Morgan fingerprint density at radius 1 is 0.556 bits per heavy atom. The molecule has 0 nitrogen and oxygen atoms in total. The van der Waals surface area contributed by atoms with E-state index in [1.807, 2.05) is 0 Å². The van der Waals surface area contributed by atoms with Gasteiger partial charge in [0.15, 0.2) is 0 Å². The van der Waals surface area contributed by atoms with Crippen LogP contribution in [0.15, 0.2) is 0 Å². The number of thioether (sulfide) groups is 5. The van der Waals surface area contributed by atoms with Gasteiger partial charge >= 0.3 is 233 Å². The van der Waals surface area contributed by atoms with Crippen LogP contribution in [0.25, 0.3) is 0 Å². The first-order valence-corrected chi connectivity index (χ1v) is 28.1. The van der Waals surface area contributed by atoms with Crippen molar-refractivity contribution in [2.45, 2.75) is 67.2 Å². The third-order valence-corrected chi connectivity index (χ3v) is 29.6. The number of hydrogen-bond donors (Lipinski definition) is 0. The summed E-state index contributed by atoms with van der Waals surface area (Å²) < 4.78 is 13.4. The van der Waals surface area contributed by atoms with Gasteiger partial charge in [-0.3, -0.25) is 0 Å². The molecular formula is C18H30S5Te4. The van der Waals surface area contributed by atoms with Gasteiger partial charge in [-0.05, 0) is 0 Å². The summed E-state index contributed by atoms with van der Waals surface area (Å²) in [4.78, 5) is 0. The molecule has 0 aromatic rings. The van der Waals surface area contributed by atoms with Crippen molar-refractivity contribution in [2.75, 3.05) is 23.0 Å². The van der Waals surface area contributed by atoms with Crippen LogP contribution in [0.3, 0.4) is 0 Å². The van der Waals surface area contributed by atoms with Crippen LogP contribution >= 0.6 is 58.8 Å². The topological polar surface area (TPSA) is 0 Å². The van der Waals surface area contributed by atoms with Crippen LogP contribution in [0.1, 0.15) is 0 Å². The second-order valence-electron chi connectivity index (χ2n) is 7.35. The van der Waals surface area contributed by atoms with Crippen LogP contribution in [0.4, 0.5) is 0 Å². The van der Waals surface area contributed by atoms with Crippen molar-refractivity contribution in [1.29, 1.82) is 0 Å². The molecule has 4 saturated heterocycles. The Labute approximate surface area is 228 Å². The Balaban J connectivity index is 1.18. The van der Waals surface area contributed by atoms with Crippen LogP contribution in [0.2, 0.25) is 35.8 Å². The van der Waals surface area contributed by atoms with Gasteiger partial charge in [-0.1, -0.05) is 0 Å². The molecule has 0 bridgehead atoms. The first-order valence-electron chi connectivity index (χ1n) is 9.78. The molecule has 0 aliphatic carbocycles. The van der Waals surface area contributed by atoms with Crippen LogP contribution in [0, 0.1) is 0 Å². The average Bonchev–Trinajstić information content (AvgIpc) is 3.48. The van der Waals surface area contributed by atoms with Crippen LogP contribution in [-0.4, -0.2) is 138 Å². The molecule has 0 N–H and O–H groups in total. The van der Waals surface area contributed by atoms with Gasteiger partial charge in [-0.25, -0.2) is 0 Å². The zero-order valence-corrected chi connectivity index (χ0v) is 29.0. The van der Waals surface area contributed by atoms with Crippen LogP contribution < -0.4 is 0 Å². The van der Waals surface area contributed by atoms with E-state index in [1.165, 1.54) is 23.0 Å². The zero-order chi connectivity index (χ0) is 18.3. The predicted octanol–water partition coefficient (Wildman–Crippen LogP) is 5.08. The van der Waals surface area contributed by atoms with Gasteiger partial charge in [0.25, 0.3) is 0 Å². The molecule has 9 heteroatoms. The average molecular weight is 917 g/mol. The summed E-state index contributed by atoms with van der Waals surface area (Å²) in [5, 5.41) is 6.74. The van der Waals surface area contributed by atoms with E-state index in [0.717, 1.165) is 31.5 Å². The van der Waals surface area contributed by atoms with E-state index < -0.39 is 0 Å². The molecule has 0 aromatic carbocycles. The third-order valence-electron chi connectivity index (χ3n) is 4.42. The van der Waals surface area contributed by atoms with E-state index in [-0.39, 0.29) is 0 Å². The Morgan fingerprint density at radius 2 is 0.815 bits per heavy atom. The standard InChI is InChI=1S/C18H30S5Te4/c1-13(19-1)5-24-9-17(10-25-6-14-2-20-14)23-18(11-26-7-15-3-21-15)12-27-8-16-4-22-16/h13-18H,1-12H2. The zero-order valence-electron chi connectivity index (χ0n) is 15.6. The number of hydrogen-bond acceptors (Lipinski definition) is 5. The van der Waals surface area contributed by atoms with E-state index in [1.54, 1.807) is 35.8 Å². The summed E-state index contributed by atoms with van der Waals surface area (Å²) in [5.41, 5.74) is 0. The molecule has 4 fully saturated rings. The van der Waals surface area contributed by atoms with Crippen molar-refractivity contribution in [3.05, 3.63) is 0 Å². The second-order valence-corrected chi connectivity index (χ2v) is 26.6. The van der Waals surface area contributed by atoms with E-state index in [9.17, 15) is 0 Å². The molecule has 0 amide bonds. The molecule has 4 aliphatic rings. The Morgan fingerprint density at radius 3 is 1.04 bits per heavy atom. The normalized spacial score (nSPS) is 32.9. The Kier molecular flexibility index (Phi) is 13.3. The van der Waals surface area contributed by atoms with Gasteiger partial charge in [0.2, 0.25) is 0 Å². The van der Waals surface area contributed by atoms with E-state index in [4.69, 9.17) is 0 Å². The van der Waals surface area contributed by atoms with Crippen molar-refractivity contribution in [3.8, 4) is 0 Å². The summed E-state index contributed by atoms with van der Waals surface area (Å²) in [5.74, 6) is 6.03. The molecule has 4 heterocycles. The van der Waals surface area contributed by atoms with E-state index in [2.05, 4.69) is 58.8 Å². The van der Waals surface area contributed by atoms with Gasteiger partial charge < -0.3 is 0 Å². The maximum absolute atomic E-state index is 2.58. The summed E-state index contributed by atoms with van der Waals surface area (Å²) in [7, 11) is 0. The number of rotatable bonds is 18. The molecule has 0 spiro atoms. The molecule has 27 heavy (non-hydrogen) atoms. The van der Waals surface area contributed by atoms with Gasteiger partial charge in [0.05, 0.1) is 0 Å². The molecule has 0 saturated carbocycles. The maximum atomic E-state index is 2.58. The fraction of sp³-hybridized carbons (Fsp3) is 1.00. The monoisotopic (exact) mass is 926 g/mol. The molecule has 156 valence electrons. The fourth-order valence-electron chi connectivity index (χ4n) is 2.51. The molecule has 4 atom stereocenters. The van der Waals surface area contributed by atoms with Crippen LogP contribution in [-0.2, 0) is 0 Å². The van der Waals surface area contributed by atoms with Gasteiger partial charge in [0.1, 0.15) is 0 Å². The third kappa shape index (κ3) is 12.8. The summed E-state index contributed by atoms with van der Waals surface area (Å²) in [6.45, 7) is 0. The first-order chi connectivity index (χ1) is 13.3. The van der Waals surface area contributed by atoms with E-state index >= 15 is 0 Å². The summed E-state index contributed by atoms with van der Waals surface area (Å²) >= 11 is 12.9. The second kappa shape index (κ2) is 14.3. The Bertz CT molecular complexity index is 356. The van der Waals surface area contributed by atoms with Crippen molar-refractivity contribution >= 4 is 143 Å². The minimum absolute atomic E-state index is 0.331. The molecule has 4 rings (SSSR count). The molecule has 4 unspecified atom stereocenters. The van der Waals surface area contributed by atoms with Crippen molar-refractivity contribution < 1.29 is 0 Å². The van der Waals surface area contributed by atoms with Gasteiger partial charge in [-0.2, -0.15) is 0 Å². The van der Waals surface area contributed by atoms with E-state index in [0.29, 0.717) is 83.7 Å². The summed E-state index contributed by atoms with van der Waals surface area (Å²) in [6, 6.07) is 0. The molecule has 0 radical (unpaired) electrons. The van der Waals surface area contributed by atoms with Gasteiger partial charge in [-0.15, -0.1) is 0 Å². The molecule has 4 aliphatic heterocycles. The summed E-state index contributed by atoms with van der Waals surface area (Å²) in [6.07, 6.45) is 0.